The van der Waals surface area contributed by atoms with Gasteiger partial charge in [-0.05, 0) is 67.5 Å². The molecule has 0 saturated carbocycles. The van der Waals surface area contributed by atoms with E-state index in [4.69, 9.17) is 9.47 Å². The maximum Gasteiger partial charge on any atom is 0.338 e. The second kappa shape index (κ2) is 11.1. The third kappa shape index (κ3) is 7.10. The van der Waals surface area contributed by atoms with Crippen LogP contribution in [0.25, 0.3) is 11.1 Å². The van der Waals surface area contributed by atoms with E-state index in [0.29, 0.717) is 17.9 Å². The van der Waals surface area contributed by atoms with Crippen LogP contribution < -0.4 is 10.1 Å². The van der Waals surface area contributed by atoms with E-state index in [1.54, 1.807) is 36.4 Å². The Morgan fingerprint density at radius 2 is 1.61 bits per heavy atom. The summed E-state index contributed by atoms with van der Waals surface area (Å²) in [7, 11) is 0. The number of allylic oxidation sites excluding steroid dienone is 1. The van der Waals surface area contributed by atoms with E-state index in [1.165, 1.54) is 25.3 Å². The molecule has 162 valence electrons. The Labute approximate surface area is 182 Å². The first-order chi connectivity index (χ1) is 15.0. The summed E-state index contributed by atoms with van der Waals surface area (Å²) in [5, 5.41) is 2.80. The number of hydrogen-bond donors (Lipinski definition) is 1. The van der Waals surface area contributed by atoms with Gasteiger partial charge >= 0.3 is 11.9 Å². The van der Waals surface area contributed by atoms with Crippen molar-refractivity contribution in [3.63, 3.8) is 0 Å². The fraction of sp³-hybridized carbons (Fsp3) is 0.320. The number of carbonyl (C=O) groups excluding carboxylic acids is 3. The van der Waals surface area contributed by atoms with Gasteiger partial charge in [-0.3, -0.25) is 9.59 Å². The number of nitrogens with one attached hydrogen (secondary N) is 1. The van der Waals surface area contributed by atoms with Crippen LogP contribution in [0.1, 0.15) is 49.4 Å². The van der Waals surface area contributed by atoms with E-state index in [0.717, 1.165) is 30.4 Å². The van der Waals surface area contributed by atoms with Crippen LogP contribution in [0.3, 0.4) is 0 Å². The summed E-state index contributed by atoms with van der Waals surface area (Å²) in [6, 6.07) is 14.0. The first-order valence-electron chi connectivity index (χ1n) is 10.5. The van der Waals surface area contributed by atoms with Crippen molar-refractivity contribution in [3.8, 4) is 16.9 Å². The van der Waals surface area contributed by atoms with Crippen LogP contribution in [0.2, 0.25) is 0 Å². The molecule has 2 aromatic carbocycles. The first kappa shape index (κ1) is 22.3. The van der Waals surface area contributed by atoms with Gasteiger partial charge in [-0.1, -0.05) is 35.9 Å². The van der Waals surface area contributed by atoms with Gasteiger partial charge in [-0.25, -0.2) is 4.79 Å². The highest BCUT2D eigenvalue weighted by Gasteiger charge is 2.11. The summed E-state index contributed by atoms with van der Waals surface area (Å²) in [5.41, 5.74) is 3.59. The van der Waals surface area contributed by atoms with Crippen LogP contribution in [0.4, 0.5) is 0 Å². The zero-order valence-electron chi connectivity index (χ0n) is 17.7. The Morgan fingerprint density at radius 3 is 2.23 bits per heavy atom. The number of benzene rings is 2. The smallest absolute Gasteiger partial charge is 0.338 e. The van der Waals surface area contributed by atoms with Crippen molar-refractivity contribution in [2.24, 2.45) is 0 Å². The minimum Gasteiger partial charge on any atom is -0.452 e. The summed E-state index contributed by atoms with van der Waals surface area (Å²) in [6.45, 7) is 1.62. The normalized spacial score (nSPS) is 13.1. The zero-order valence-corrected chi connectivity index (χ0v) is 17.7. The quantitative estimate of drug-likeness (QED) is 0.387. The number of hydrogen-bond acceptors (Lipinski definition) is 5. The standard InChI is InChI=1S/C25H27NO5/c1-18(27)31-23-13-11-21(12-14-23)20-7-9-22(10-8-20)25(29)30-17-24(28)26-16-15-19-5-3-2-4-6-19/h5,7-14H,2-4,6,15-17H2,1H3,(H,26,28). The second-order valence-corrected chi connectivity index (χ2v) is 7.48. The lowest BCUT2D eigenvalue weighted by Gasteiger charge is -2.13. The Bertz CT molecular complexity index is 945. The molecule has 0 atom stereocenters. The number of carbonyl (C=O) groups is 3. The van der Waals surface area contributed by atoms with E-state index in [9.17, 15) is 14.4 Å². The predicted octanol–water partition coefficient (Wildman–Crippen LogP) is 4.44. The molecule has 0 aliphatic heterocycles. The van der Waals surface area contributed by atoms with Crippen LogP contribution in [-0.4, -0.2) is 31.0 Å². The Hall–Kier alpha value is -3.41. The number of rotatable bonds is 8. The van der Waals surface area contributed by atoms with Gasteiger partial charge in [0.2, 0.25) is 0 Å². The minimum atomic E-state index is -0.540. The van der Waals surface area contributed by atoms with Gasteiger partial charge in [0, 0.05) is 13.5 Å². The molecular formula is C25H27NO5. The van der Waals surface area contributed by atoms with Crippen molar-refractivity contribution in [1.82, 2.24) is 5.32 Å². The van der Waals surface area contributed by atoms with Gasteiger partial charge in [0.1, 0.15) is 5.75 Å². The lowest BCUT2D eigenvalue weighted by Crippen LogP contribution is -2.29. The van der Waals surface area contributed by atoms with Gasteiger partial charge < -0.3 is 14.8 Å². The lowest BCUT2D eigenvalue weighted by atomic mass is 9.97. The van der Waals surface area contributed by atoms with Crippen LogP contribution in [0.5, 0.6) is 5.75 Å². The molecule has 1 aliphatic rings. The van der Waals surface area contributed by atoms with Crippen molar-refractivity contribution in [1.29, 1.82) is 0 Å². The van der Waals surface area contributed by atoms with Crippen molar-refractivity contribution in [3.05, 3.63) is 65.7 Å². The number of esters is 2. The molecule has 1 amide bonds. The molecule has 0 bridgehead atoms. The van der Waals surface area contributed by atoms with Crippen molar-refractivity contribution < 1.29 is 23.9 Å². The minimum absolute atomic E-state index is 0.294. The highest BCUT2D eigenvalue weighted by molar-refractivity contribution is 5.91. The third-order valence-electron chi connectivity index (χ3n) is 5.06. The molecule has 0 radical (unpaired) electrons. The average Bonchev–Trinajstić information content (AvgIpc) is 2.78. The Balaban J connectivity index is 1.44. The molecule has 31 heavy (non-hydrogen) atoms. The summed E-state index contributed by atoms with van der Waals surface area (Å²) < 4.78 is 10.1. The molecule has 2 aromatic rings. The number of amides is 1. The van der Waals surface area contributed by atoms with Gasteiger partial charge in [0.25, 0.3) is 5.91 Å². The topological polar surface area (TPSA) is 81.7 Å². The van der Waals surface area contributed by atoms with E-state index in [1.807, 2.05) is 12.1 Å². The lowest BCUT2D eigenvalue weighted by molar-refractivity contribution is -0.131. The monoisotopic (exact) mass is 421 g/mol. The van der Waals surface area contributed by atoms with E-state index in [2.05, 4.69) is 11.4 Å². The van der Waals surface area contributed by atoms with Crippen molar-refractivity contribution in [2.45, 2.75) is 39.0 Å². The fourth-order valence-corrected chi connectivity index (χ4v) is 3.44. The van der Waals surface area contributed by atoms with Crippen molar-refractivity contribution in [2.75, 3.05) is 13.2 Å². The Morgan fingerprint density at radius 1 is 0.935 bits per heavy atom. The molecule has 0 heterocycles. The van der Waals surface area contributed by atoms with Gasteiger partial charge in [0.05, 0.1) is 5.56 Å². The summed E-state index contributed by atoms with van der Waals surface area (Å²) in [6.07, 6.45) is 7.80. The highest BCUT2D eigenvalue weighted by atomic mass is 16.5. The molecule has 6 nitrogen and oxygen atoms in total. The van der Waals surface area contributed by atoms with Crippen LogP contribution in [0.15, 0.2) is 60.2 Å². The third-order valence-corrected chi connectivity index (χ3v) is 5.06. The predicted molar refractivity (Wildman–Crippen MR) is 118 cm³/mol. The molecule has 0 aromatic heterocycles. The SMILES string of the molecule is CC(=O)Oc1ccc(-c2ccc(C(=O)OCC(=O)NCCC3=CCCCC3)cc2)cc1. The van der Waals surface area contributed by atoms with Crippen molar-refractivity contribution >= 4 is 17.8 Å². The summed E-state index contributed by atoms with van der Waals surface area (Å²) in [5.74, 6) is -0.729. The fourth-order valence-electron chi connectivity index (χ4n) is 3.44. The van der Waals surface area contributed by atoms with E-state index >= 15 is 0 Å². The summed E-state index contributed by atoms with van der Waals surface area (Å²) in [4.78, 5) is 35.1. The summed E-state index contributed by atoms with van der Waals surface area (Å²) >= 11 is 0. The second-order valence-electron chi connectivity index (χ2n) is 7.48. The molecule has 1 N–H and O–H groups in total. The van der Waals surface area contributed by atoms with Gasteiger partial charge in [-0.15, -0.1) is 0 Å². The van der Waals surface area contributed by atoms with Crippen LogP contribution in [-0.2, 0) is 14.3 Å². The van der Waals surface area contributed by atoms with Gasteiger partial charge in [-0.2, -0.15) is 0 Å². The molecule has 6 heteroatoms. The molecule has 0 spiro atoms. The molecular weight excluding hydrogens is 394 g/mol. The zero-order chi connectivity index (χ0) is 22.1. The average molecular weight is 421 g/mol. The molecule has 3 rings (SSSR count). The van der Waals surface area contributed by atoms with Crippen LogP contribution in [0, 0.1) is 0 Å². The first-order valence-corrected chi connectivity index (χ1v) is 10.5. The largest absolute Gasteiger partial charge is 0.452 e. The highest BCUT2D eigenvalue weighted by Crippen LogP contribution is 2.23. The Kier molecular flexibility index (Phi) is 7.98. The number of ether oxygens (including phenoxy) is 2. The molecule has 0 saturated heterocycles. The molecule has 1 aliphatic carbocycles. The van der Waals surface area contributed by atoms with E-state index < -0.39 is 5.97 Å². The maximum absolute atomic E-state index is 12.2. The van der Waals surface area contributed by atoms with Crippen LogP contribution >= 0.6 is 0 Å². The van der Waals surface area contributed by atoms with Gasteiger partial charge in [0.15, 0.2) is 6.61 Å². The maximum atomic E-state index is 12.2. The van der Waals surface area contributed by atoms with E-state index in [-0.39, 0.29) is 18.5 Å². The molecule has 0 unspecified atom stereocenters. The molecule has 0 fully saturated rings.